The van der Waals surface area contributed by atoms with Crippen molar-refractivity contribution in [3.05, 3.63) is 82.9 Å². The lowest BCUT2D eigenvalue weighted by Gasteiger charge is -2.28. The van der Waals surface area contributed by atoms with Crippen LogP contribution in [0.3, 0.4) is 0 Å². The van der Waals surface area contributed by atoms with Gasteiger partial charge in [-0.15, -0.1) is 0 Å². The zero-order valence-electron chi connectivity index (χ0n) is 27.0. The van der Waals surface area contributed by atoms with E-state index in [1.54, 1.807) is 0 Å². The number of hydrogen-bond donors (Lipinski definition) is 2. The van der Waals surface area contributed by atoms with Crippen molar-refractivity contribution in [2.45, 2.75) is 77.3 Å². The predicted octanol–water partition coefficient (Wildman–Crippen LogP) is 8.94. The molecule has 4 saturated carbocycles. The molecule has 6 nitrogen and oxygen atoms in total. The van der Waals surface area contributed by atoms with Crippen molar-refractivity contribution in [3.63, 3.8) is 0 Å². The van der Waals surface area contributed by atoms with Gasteiger partial charge in [-0.2, -0.15) is 17.6 Å². The first kappa shape index (κ1) is 32.5. The molecule has 4 fully saturated rings. The van der Waals surface area contributed by atoms with E-state index >= 15 is 17.6 Å². The minimum Gasteiger partial charge on any atom is -0.451 e. The first-order chi connectivity index (χ1) is 23.0. The Labute approximate surface area is 277 Å². The number of fused-ring (bicyclic) bond motifs is 4. The van der Waals surface area contributed by atoms with Crippen LogP contribution in [0.2, 0.25) is 0 Å². The SMILES string of the molecule is C[C@H](NC(=O)c1ccc(Oc2c(F)c(F)c(Oc3ccc(C(=O)N[C@H](C)[C@H]4C[C@H]5CC[C@H]4C5)cc3)c(F)c2F)cc1)[C@H]1C[C@H]2CC[C@H]1C2. The summed E-state index contributed by atoms with van der Waals surface area (Å²) in [5.41, 5.74) is 0.635. The van der Waals surface area contributed by atoms with Crippen molar-refractivity contribution >= 4 is 11.8 Å². The van der Waals surface area contributed by atoms with E-state index in [0.717, 1.165) is 24.7 Å². The summed E-state index contributed by atoms with van der Waals surface area (Å²) in [6.45, 7) is 4.02. The van der Waals surface area contributed by atoms with Crippen molar-refractivity contribution in [3.8, 4) is 23.0 Å². The maximum absolute atomic E-state index is 15.0. The topological polar surface area (TPSA) is 76.7 Å². The number of nitrogens with one attached hydrogen (secondary N) is 2. The van der Waals surface area contributed by atoms with Crippen molar-refractivity contribution in [1.82, 2.24) is 10.6 Å². The highest BCUT2D eigenvalue weighted by molar-refractivity contribution is 5.95. The van der Waals surface area contributed by atoms with Crippen LogP contribution < -0.4 is 20.1 Å². The number of amides is 2. The van der Waals surface area contributed by atoms with Gasteiger partial charge < -0.3 is 20.1 Å². The first-order valence-electron chi connectivity index (χ1n) is 17.1. The fraction of sp³-hybridized carbons (Fsp3) is 0.474. The van der Waals surface area contributed by atoms with Crippen LogP contribution in [-0.4, -0.2) is 23.9 Å². The lowest BCUT2D eigenvalue weighted by Crippen LogP contribution is -2.40. The van der Waals surface area contributed by atoms with Crippen molar-refractivity contribution < 1.29 is 36.6 Å². The molecule has 254 valence electrons. The van der Waals surface area contributed by atoms with Crippen molar-refractivity contribution in [2.75, 3.05) is 0 Å². The molecule has 0 aromatic heterocycles. The molecule has 0 saturated heterocycles. The summed E-state index contributed by atoms with van der Waals surface area (Å²) in [4.78, 5) is 25.7. The molecule has 0 unspecified atom stereocenters. The third-order valence-electron chi connectivity index (χ3n) is 11.4. The lowest BCUT2D eigenvalue weighted by atomic mass is 9.84. The maximum Gasteiger partial charge on any atom is 0.251 e. The van der Waals surface area contributed by atoms with Crippen LogP contribution in [0.1, 0.15) is 85.9 Å². The fourth-order valence-corrected chi connectivity index (χ4v) is 8.96. The van der Waals surface area contributed by atoms with E-state index in [9.17, 15) is 9.59 Å². The monoisotopic (exact) mass is 664 g/mol. The van der Waals surface area contributed by atoms with Gasteiger partial charge in [0.25, 0.3) is 11.8 Å². The van der Waals surface area contributed by atoms with Gasteiger partial charge in [0, 0.05) is 23.2 Å². The molecule has 8 atom stereocenters. The second-order valence-corrected chi connectivity index (χ2v) is 14.4. The van der Waals surface area contributed by atoms with Crippen molar-refractivity contribution in [2.24, 2.45) is 35.5 Å². The maximum atomic E-state index is 15.0. The molecular weight excluding hydrogens is 624 g/mol. The number of halogens is 4. The van der Waals surface area contributed by atoms with Crippen LogP contribution >= 0.6 is 0 Å². The molecule has 3 aromatic carbocycles. The molecule has 3 aromatic rings. The van der Waals surface area contributed by atoms with Gasteiger partial charge in [0.2, 0.25) is 34.8 Å². The summed E-state index contributed by atoms with van der Waals surface area (Å²) < 4.78 is 70.5. The molecule has 7 rings (SSSR count). The quantitative estimate of drug-likeness (QED) is 0.168. The van der Waals surface area contributed by atoms with Gasteiger partial charge in [-0.3, -0.25) is 9.59 Å². The number of ether oxygens (including phenoxy) is 2. The zero-order valence-corrected chi connectivity index (χ0v) is 27.0. The van der Waals surface area contributed by atoms with E-state index in [1.807, 2.05) is 13.8 Å². The Morgan fingerprint density at radius 2 is 0.938 bits per heavy atom. The largest absolute Gasteiger partial charge is 0.451 e. The molecule has 4 aliphatic carbocycles. The van der Waals surface area contributed by atoms with E-state index in [1.165, 1.54) is 87.1 Å². The third-order valence-corrected chi connectivity index (χ3v) is 11.4. The minimum absolute atomic E-state index is 0.0150. The Bertz CT molecular complexity index is 1540. The van der Waals surface area contributed by atoms with Crippen LogP contribution in [0.25, 0.3) is 0 Å². The Morgan fingerprint density at radius 3 is 1.23 bits per heavy atom. The molecule has 0 aliphatic heterocycles. The van der Waals surface area contributed by atoms with Crippen LogP contribution in [0.5, 0.6) is 23.0 Å². The van der Waals surface area contributed by atoms with Crippen LogP contribution in [0, 0.1) is 58.8 Å². The van der Waals surface area contributed by atoms with Gasteiger partial charge in [0.1, 0.15) is 11.5 Å². The van der Waals surface area contributed by atoms with E-state index in [-0.39, 0.29) is 35.4 Å². The van der Waals surface area contributed by atoms with Gasteiger partial charge in [-0.1, -0.05) is 12.8 Å². The Hall–Kier alpha value is -4.08. The van der Waals surface area contributed by atoms with Crippen molar-refractivity contribution in [1.29, 1.82) is 0 Å². The molecular formula is C38H40F4N2O4. The average molecular weight is 665 g/mol. The fourth-order valence-electron chi connectivity index (χ4n) is 8.96. The number of benzene rings is 3. The average Bonchev–Trinajstić information content (AvgIpc) is 3.92. The number of carbonyl (C=O) groups excluding carboxylic acids is 2. The van der Waals surface area contributed by atoms with E-state index < -0.39 is 34.8 Å². The smallest absolute Gasteiger partial charge is 0.251 e. The molecule has 4 aliphatic rings. The molecule has 48 heavy (non-hydrogen) atoms. The second-order valence-electron chi connectivity index (χ2n) is 14.4. The third kappa shape index (κ3) is 6.26. The second kappa shape index (κ2) is 13.1. The summed E-state index contributed by atoms with van der Waals surface area (Å²) in [5, 5.41) is 6.10. The summed E-state index contributed by atoms with van der Waals surface area (Å²) in [6, 6.07) is 10.9. The molecule has 0 heterocycles. The standard InChI is InChI=1S/C38H40F4N2O4/c1-19(29-17-21-3-5-25(29)15-21)43-37(45)23-7-11-27(12-8-23)47-35-31(39)33(41)36(34(42)32(35)40)48-28-13-9-24(10-14-28)38(46)44-20(2)30-18-22-4-6-26(30)16-22/h7-14,19-22,25-26,29-30H,3-6,15-18H2,1-2H3,(H,43,45)(H,44,46)/t19-,20+,21-,22-,25-,26-,29+,30+/m0/s1. The molecule has 4 bridgehead atoms. The lowest BCUT2D eigenvalue weighted by molar-refractivity contribution is 0.0907. The van der Waals surface area contributed by atoms with Gasteiger partial charge in [0.15, 0.2) is 0 Å². The van der Waals surface area contributed by atoms with Gasteiger partial charge in [-0.05, 0) is 136 Å². The number of carbonyl (C=O) groups is 2. The number of hydrogen-bond acceptors (Lipinski definition) is 4. The zero-order chi connectivity index (χ0) is 33.7. The minimum atomic E-state index is -1.78. The van der Waals surface area contributed by atoms with Gasteiger partial charge in [0.05, 0.1) is 0 Å². The highest BCUT2D eigenvalue weighted by Gasteiger charge is 2.43. The molecule has 0 radical (unpaired) electrons. The van der Waals surface area contributed by atoms with E-state index in [0.29, 0.717) is 34.8 Å². The first-order valence-corrected chi connectivity index (χ1v) is 17.1. The normalized spacial score (nSPS) is 26.7. The number of rotatable bonds is 10. The molecule has 0 spiro atoms. The Morgan fingerprint density at radius 1 is 0.583 bits per heavy atom. The van der Waals surface area contributed by atoms with Crippen LogP contribution in [0.4, 0.5) is 17.6 Å². The summed E-state index contributed by atoms with van der Waals surface area (Å²) in [7, 11) is 0. The summed E-state index contributed by atoms with van der Waals surface area (Å²) in [6.07, 6.45) is 9.65. The van der Waals surface area contributed by atoms with Gasteiger partial charge >= 0.3 is 0 Å². The van der Waals surface area contributed by atoms with E-state index in [2.05, 4.69) is 10.6 Å². The highest BCUT2D eigenvalue weighted by atomic mass is 19.2. The highest BCUT2D eigenvalue weighted by Crippen LogP contribution is 2.50. The van der Waals surface area contributed by atoms with Crippen LogP contribution in [0.15, 0.2) is 48.5 Å². The Kier molecular flexibility index (Phi) is 8.85. The summed E-state index contributed by atoms with van der Waals surface area (Å²) in [5.74, 6) is -6.81. The van der Waals surface area contributed by atoms with E-state index in [4.69, 9.17) is 9.47 Å². The van der Waals surface area contributed by atoms with Gasteiger partial charge in [-0.25, -0.2) is 0 Å². The predicted molar refractivity (Wildman–Crippen MR) is 171 cm³/mol. The Balaban J connectivity index is 0.976. The molecule has 2 amide bonds. The molecule has 10 heteroatoms. The summed E-state index contributed by atoms with van der Waals surface area (Å²) >= 11 is 0. The van der Waals surface area contributed by atoms with Crippen LogP contribution in [-0.2, 0) is 0 Å². The molecule has 2 N–H and O–H groups in total.